The van der Waals surface area contributed by atoms with E-state index in [0.29, 0.717) is 17.0 Å². The molecule has 4 aromatic rings. The van der Waals surface area contributed by atoms with Crippen LogP contribution in [0.1, 0.15) is 21.6 Å². The number of carbonyl (C=O) groups is 1. The van der Waals surface area contributed by atoms with Crippen LogP contribution >= 0.6 is 0 Å². The topological polar surface area (TPSA) is 90.4 Å². The largest absolute Gasteiger partial charge is 0.497 e. The first-order valence-electron chi connectivity index (χ1n) is 10.1. The van der Waals surface area contributed by atoms with E-state index in [1.807, 2.05) is 42.5 Å². The number of H-pyrrole nitrogens is 1. The van der Waals surface area contributed by atoms with Gasteiger partial charge in [0.2, 0.25) is 5.75 Å². The predicted molar refractivity (Wildman–Crippen MR) is 122 cm³/mol. The van der Waals surface area contributed by atoms with Crippen molar-refractivity contribution in [1.82, 2.24) is 9.55 Å². The van der Waals surface area contributed by atoms with Gasteiger partial charge in [-0.25, -0.2) is 4.79 Å². The Morgan fingerprint density at radius 3 is 2.34 bits per heavy atom. The second kappa shape index (κ2) is 8.93. The zero-order valence-corrected chi connectivity index (χ0v) is 17.8. The fourth-order valence-electron chi connectivity index (χ4n) is 3.79. The standard InChI is InChI=1S/C25H22N2O5/c1-31-19-12-10-17(11-13-19)22(28)15-27-21(23(32-2)24(29)26-25(27)30)14-18-8-5-7-16-6-3-4-9-20(16)18/h3-13H,14-15H2,1-2H3,(H,26,29,30). The minimum atomic E-state index is -0.659. The summed E-state index contributed by atoms with van der Waals surface area (Å²) in [5, 5.41) is 2.04. The number of rotatable bonds is 7. The lowest BCUT2D eigenvalue weighted by molar-refractivity contribution is 0.0968. The molecule has 0 amide bonds. The molecule has 0 radical (unpaired) electrons. The van der Waals surface area contributed by atoms with Crippen LogP contribution in [0.4, 0.5) is 0 Å². The van der Waals surface area contributed by atoms with Crippen LogP contribution in [-0.2, 0) is 13.0 Å². The lowest BCUT2D eigenvalue weighted by Gasteiger charge is -2.16. The van der Waals surface area contributed by atoms with Crippen LogP contribution in [0.5, 0.6) is 11.5 Å². The molecule has 162 valence electrons. The Kier molecular flexibility index (Phi) is 5.89. The molecule has 0 atom stereocenters. The van der Waals surface area contributed by atoms with E-state index in [2.05, 4.69) is 4.98 Å². The van der Waals surface area contributed by atoms with Crippen molar-refractivity contribution in [3.05, 3.63) is 104 Å². The van der Waals surface area contributed by atoms with Crippen LogP contribution in [0.2, 0.25) is 0 Å². The van der Waals surface area contributed by atoms with Crippen molar-refractivity contribution in [3.63, 3.8) is 0 Å². The number of hydrogen-bond donors (Lipinski definition) is 1. The number of nitrogens with one attached hydrogen (secondary N) is 1. The fraction of sp³-hybridized carbons (Fsp3) is 0.160. The molecule has 7 heteroatoms. The molecule has 7 nitrogen and oxygen atoms in total. The monoisotopic (exact) mass is 430 g/mol. The van der Waals surface area contributed by atoms with Crippen molar-refractivity contribution in [2.45, 2.75) is 13.0 Å². The maximum atomic E-state index is 12.9. The molecular formula is C25H22N2O5. The normalized spacial score (nSPS) is 10.8. The Bertz CT molecular complexity index is 1400. The van der Waals surface area contributed by atoms with Gasteiger partial charge >= 0.3 is 5.69 Å². The van der Waals surface area contributed by atoms with Crippen molar-refractivity contribution in [1.29, 1.82) is 0 Å². The van der Waals surface area contributed by atoms with E-state index in [0.717, 1.165) is 16.3 Å². The van der Waals surface area contributed by atoms with E-state index in [9.17, 15) is 14.4 Å². The summed E-state index contributed by atoms with van der Waals surface area (Å²) in [5.41, 5.74) is 0.407. The first kappa shape index (κ1) is 21.1. The molecule has 0 fully saturated rings. The van der Waals surface area contributed by atoms with Gasteiger partial charge in [0.1, 0.15) is 5.75 Å². The molecule has 0 saturated carbocycles. The summed E-state index contributed by atoms with van der Waals surface area (Å²) in [7, 11) is 2.92. The quantitative estimate of drug-likeness (QED) is 0.455. The second-order valence-electron chi connectivity index (χ2n) is 7.29. The molecule has 32 heavy (non-hydrogen) atoms. The first-order chi connectivity index (χ1) is 15.5. The molecule has 1 aromatic heterocycles. The SMILES string of the molecule is COc1ccc(C(=O)Cn2c(Cc3cccc4ccccc34)c(OC)c(=O)[nH]c2=O)cc1. The molecule has 0 bridgehead atoms. The number of carbonyl (C=O) groups excluding carboxylic acids is 1. The van der Waals surface area contributed by atoms with Gasteiger partial charge in [0, 0.05) is 12.0 Å². The maximum Gasteiger partial charge on any atom is 0.329 e. The summed E-state index contributed by atoms with van der Waals surface area (Å²) < 4.78 is 11.7. The number of ketones is 1. The highest BCUT2D eigenvalue weighted by Crippen LogP contribution is 2.24. The van der Waals surface area contributed by atoms with Crippen molar-refractivity contribution in [2.24, 2.45) is 0 Å². The Balaban J connectivity index is 1.79. The van der Waals surface area contributed by atoms with Crippen LogP contribution < -0.4 is 20.7 Å². The summed E-state index contributed by atoms with van der Waals surface area (Å²) in [6.45, 7) is -0.238. The first-order valence-corrected chi connectivity index (χ1v) is 10.1. The molecule has 0 aliphatic heterocycles. The highest BCUT2D eigenvalue weighted by Gasteiger charge is 2.19. The van der Waals surface area contributed by atoms with E-state index in [1.54, 1.807) is 31.4 Å². The number of ether oxygens (including phenoxy) is 2. The number of hydrogen-bond acceptors (Lipinski definition) is 5. The van der Waals surface area contributed by atoms with Crippen molar-refractivity contribution in [3.8, 4) is 11.5 Å². The van der Waals surface area contributed by atoms with Gasteiger partial charge in [-0.3, -0.25) is 19.1 Å². The van der Waals surface area contributed by atoms with Crippen LogP contribution in [0, 0.1) is 0 Å². The molecule has 0 unspecified atom stereocenters. The maximum absolute atomic E-state index is 12.9. The third kappa shape index (κ3) is 4.05. The number of fused-ring (bicyclic) bond motifs is 1. The summed E-state index contributed by atoms with van der Waals surface area (Å²) in [6, 6.07) is 20.3. The molecule has 0 spiro atoms. The number of benzene rings is 3. The number of aromatic nitrogens is 2. The zero-order valence-electron chi connectivity index (χ0n) is 17.8. The van der Waals surface area contributed by atoms with Crippen molar-refractivity contribution >= 4 is 16.6 Å². The van der Waals surface area contributed by atoms with Gasteiger partial charge in [0.25, 0.3) is 5.56 Å². The van der Waals surface area contributed by atoms with Gasteiger partial charge in [-0.2, -0.15) is 0 Å². The van der Waals surface area contributed by atoms with Gasteiger partial charge < -0.3 is 9.47 Å². The Morgan fingerprint density at radius 1 is 0.906 bits per heavy atom. The Morgan fingerprint density at radius 2 is 1.62 bits per heavy atom. The molecular weight excluding hydrogens is 408 g/mol. The van der Waals surface area contributed by atoms with E-state index in [4.69, 9.17) is 9.47 Å². The Hall–Kier alpha value is -4.13. The molecule has 1 N–H and O–H groups in total. The lowest BCUT2D eigenvalue weighted by atomic mass is 10.00. The third-order valence-electron chi connectivity index (χ3n) is 5.42. The Labute approximate surface area is 183 Å². The zero-order chi connectivity index (χ0) is 22.7. The highest BCUT2D eigenvalue weighted by atomic mass is 16.5. The van der Waals surface area contributed by atoms with E-state index in [-0.39, 0.29) is 24.5 Å². The number of Topliss-reactive ketones (excluding diaryl/α,β-unsaturated/α-hetero) is 1. The van der Waals surface area contributed by atoms with E-state index in [1.165, 1.54) is 11.7 Å². The van der Waals surface area contributed by atoms with Gasteiger partial charge in [-0.05, 0) is 40.6 Å². The molecule has 0 aliphatic rings. The fourth-order valence-corrected chi connectivity index (χ4v) is 3.79. The smallest absolute Gasteiger partial charge is 0.329 e. The summed E-state index contributed by atoms with van der Waals surface area (Å²) >= 11 is 0. The van der Waals surface area contributed by atoms with Crippen LogP contribution in [0.15, 0.2) is 76.3 Å². The second-order valence-corrected chi connectivity index (χ2v) is 7.29. The van der Waals surface area contributed by atoms with Gasteiger partial charge in [0.15, 0.2) is 5.78 Å². The number of aromatic amines is 1. The average Bonchev–Trinajstić information content (AvgIpc) is 2.81. The minimum Gasteiger partial charge on any atom is -0.497 e. The van der Waals surface area contributed by atoms with Gasteiger partial charge in [0.05, 0.1) is 26.5 Å². The van der Waals surface area contributed by atoms with Gasteiger partial charge in [-0.1, -0.05) is 42.5 Å². The summed E-state index contributed by atoms with van der Waals surface area (Å²) in [6.07, 6.45) is 0.250. The minimum absolute atomic E-state index is 0.0139. The van der Waals surface area contributed by atoms with Gasteiger partial charge in [-0.15, -0.1) is 0 Å². The molecule has 1 heterocycles. The highest BCUT2D eigenvalue weighted by molar-refractivity contribution is 5.96. The number of nitrogens with zero attached hydrogens (tertiary/aromatic N) is 1. The third-order valence-corrected chi connectivity index (χ3v) is 5.42. The van der Waals surface area contributed by atoms with E-state index < -0.39 is 11.2 Å². The molecule has 0 aliphatic carbocycles. The number of methoxy groups -OCH3 is 2. The lowest BCUT2D eigenvalue weighted by Crippen LogP contribution is -2.35. The van der Waals surface area contributed by atoms with Crippen molar-refractivity contribution in [2.75, 3.05) is 14.2 Å². The summed E-state index contributed by atoms with van der Waals surface area (Å²) in [5.74, 6) is 0.365. The molecule has 4 rings (SSSR count). The van der Waals surface area contributed by atoms with Crippen LogP contribution in [-0.4, -0.2) is 29.6 Å². The molecule has 0 saturated heterocycles. The average molecular weight is 430 g/mol. The van der Waals surface area contributed by atoms with Crippen LogP contribution in [0.25, 0.3) is 10.8 Å². The van der Waals surface area contributed by atoms with Crippen LogP contribution in [0.3, 0.4) is 0 Å². The molecule has 3 aromatic carbocycles. The predicted octanol–water partition coefficient (Wildman–Crippen LogP) is 3.18. The van der Waals surface area contributed by atoms with Crippen molar-refractivity contribution < 1.29 is 14.3 Å². The van der Waals surface area contributed by atoms with E-state index >= 15 is 0 Å². The summed E-state index contributed by atoms with van der Waals surface area (Å²) in [4.78, 5) is 40.3.